The molecule has 6 aromatic rings. The maximum atomic E-state index is 13.8. The summed E-state index contributed by atoms with van der Waals surface area (Å²) in [7, 11) is -2.35. The van der Waals surface area contributed by atoms with E-state index in [0.717, 1.165) is 6.26 Å². The molecule has 1 amide bonds. The van der Waals surface area contributed by atoms with E-state index in [1.807, 2.05) is 18.2 Å². The molecular formula is C34H26FN5O5S. The zero-order valence-electron chi connectivity index (χ0n) is 24.7. The quantitative estimate of drug-likeness (QED) is 0.208. The molecule has 0 saturated heterocycles. The van der Waals surface area contributed by atoms with E-state index in [4.69, 9.17) is 8.83 Å². The lowest BCUT2D eigenvalue weighted by Crippen LogP contribution is -2.47. The molecule has 0 atom stereocenters. The first kappa shape index (κ1) is 29.2. The number of nitriles is 1. The molecule has 12 heteroatoms. The van der Waals surface area contributed by atoms with Crippen molar-refractivity contribution in [3.8, 4) is 40.0 Å². The first-order valence-electron chi connectivity index (χ1n) is 14.4. The number of anilines is 1. The first-order valence-corrected chi connectivity index (χ1v) is 16.3. The van der Waals surface area contributed by atoms with Gasteiger partial charge in [-0.15, -0.1) is 0 Å². The number of halogens is 1. The molecule has 0 radical (unpaired) electrons. The Balaban J connectivity index is 1.48. The summed E-state index contributed by atoms with van der Waals surface area (Å²) in [4.78, 5) is 22.1. The van der Waals surface area contributed by atoms with Crippen LogP contribution < -0.4 is 9.62 Å². The molecule has 1 aliphatic rings. The Kier molecular flexibility index (Phi) is 7.05. The van der Waals surface area contributed by atoms with E-state index in [-0.39, 0.29) is 22.8 Å². The predicted octanol–water partition coefficient (Wildman–Crippen LogP) is 6.54. The summed E-state index contributed by atoms with van der Waals surface area (Å²) in [6.45, 7) is 0. The number of fused-ring (bicyclic) bond motifs is 2. The second kappa shape index (κ2) is 11.1. The Morgan fingerprint density at radius 3 is 2.46 bits per heavy atom. The van der Waals surface area contributed by atoms with Gasteiger partial charge in [-0.05, 0) is 73.0 Å². The van der Waals surface area contributed by atoms with Crippen molar-refractivity contribution >= 4 is 43.8 Å². The second-order valence-corrected chi connectivity index (χ2v) is 13.1. The number of hydrogen-bond acceptors (Lipinski definition) is 8. The topological polar surface area (TPSA) is 142 Å². The van der Waals surface area contributed by atoms with Crippen molar-refractivity contribution in [3.05, 3.63) is 90.4 Å². The van der Waals surface area contributed by atoms with Gasteiger partial charge in [0.25, 0.3) is 5.91 Å². The molecule has 0 unspecified atom stereocenters. The Hall–Kier alpha value is -5.54. The number of hydrogen-bond donors (Lipinski definition) is 1. The van der Waals surface area contributed by atoms with E-state index >= 15 is 0 Å². The second-order valence-electron chi connectivity index (χ2n) is 11.2. The molecule has 3 aromatic heterocycles. The lowest BCUT2D eigenvalue weighted by atomic mass is 9.81. The third-order valence-corrected chi connectivity index (χ3v) is 9.38. The van der Waals surface area contributed by atoms with Crippen LogP contribution in [0.4, 0.5) is 10.1 Å². The number of amides is 1. The normalized spacial score (nSPS) is 16.2. The van der Waals surface area contributed by atoms with Crippen LogP contribution >= 0.6 is 0 Å². The van der Waals surface area contributed by atoms with Crippen molar-refractivity contribution in [3.63, 3.8) is 0 Å². The summed E-state index contributed by atoms with van der Waals surface area (Å²) < 4.78 is 54.2. The highest BCUT2D eigenvalue weighted by Gasteiger charge is 2.40. The first-order chi connectivity index (χ1) is 22.1. The molecule has 0 bridgehead atoms. The van der Waals surface area contributed by atoms with Crippen molar-refractivity contribution in [2.75, 3.05) is 17.6 Å². The van der Waals surface area contributed by atoms with Crippen molar-refractivity contribution in [2.45, 2.75) is 18.9 Å². The number of benzene rings is 3. The number of oxazole rings is 1. The lowest BCUT2D eigenvalue weighted by molar-refractivity contribution is 0.0964. The number of nitrogens with one attached hydrogen (secondary N) is 1. The number of pyridine rings is 1. The van der Waals surface area contributed by atoms with Crippen LogP contribution in [0.25, 0.3) is 56.1 Å². The summed E-state index contributed by atoms with van der Waals surface area (Å²) in [5.41, 5.74) is 4.02. The zero-order valence-corrected chi connectivity index (χ0v) is 25.5. The number of aromatic nitrogens is 2. The van der Waals surface area contributed by atoms with Gasteiger partial charge in [0.05, 0.1) is 29.5 Å². The van der Waals surface area contributed by atoms with Gasteiger partial charge in [-0.3, -0.25) is 9.10 Å². The third kappa shape index (κ3) is 5.04. The summed E-state index contributed by atoms with van der Waals surface area (Å²) in [6.07, 6.45) is 3.50. The molecule has 10 nitrogen and oxygen atoms in total. The number of carbonyl (C=O) groups is 1. The molecule has 1 fully saturated rings. The fourth-order valence-corrected chi connectivity index (χ4v) is 7.17. The van der Waals surface area contributed by atoms with Crippen molar-refractivity contribution in [2.24, 2.45) is 5.92 Å². The summed E-state index contributed by atoms with van der Waals surface area (Å²) in [5, 5.41) is 12.5. The SMILES string of the molecule is CNC(=O)c1c(-c2ccc(F)cc2)oc2cc(N(C3CC(C#N)C3)S(C)(=O)=O)c(-c3cccc(-c4nc5ncccc5o4)c3)cc12. The minimum atomic E-state index is -3.85. The fraction of sp³-hybridized carbons (Fsp3) is 0.176. The molecule has 0 spiro atoms. The minimum absolute atomic E-state index is 0.212. The van der Waals surface area contributed by atoms with Crippen molar-refractivity contribution in [1.82, 2.24) is 15.3 Å². The number of carbonyl (C=O) groups excluding carboxylic acids is 1. The number of nitrogens with zero attached hydrogens (tertiary/aromatic N) is 4. The average Bonchev–Trinajstić information content (AvgIpc) is 3.63. The van der Waals surface area contributed by atoms with E-state index in [0.29, 0.717) is 63.3 Å². The molecule has 7 rings (SSSR count). The van der Waals surface area contributed by atoms with E-state index in [2.05, 4.69) is 21.4 Å². The summed E-state index contributed by atoms with van der Waals surface area (Å²) in [5.74, 6) is -0.585. The number of rotatable bonds is 7. The minimum Gasteiger partial charge on any atom is -0.455 e. The van der Waals surface area contributed by atoms with Crippen LogP contribution in [0.2, 0.25) is 0 Å². The van der Waals surface area contributed by atoms with Gasteiger partial charge >= 0.3 is 0 Å². The molecule has 1 aliphatic carbocycles. The van der Waals surface area contributed by atoms with Gasteiger partial charge in [-0.25, -0.2) is 17.8 Å². The summed E-state index contributed by atoms with van der Waals surface area (Å²) in [6, 6.07) is 21.5. The number of furan rings is 1. The van der Waals surface area contributed by atoms with E-state index in [1.165, 1.54) is 35.6 Å². The predicted molar refractivity (Wildman–Crippen MR) is 171 cm³/mol. The highest BCUT2D eigenvalue weighted by Crippen LogP contribution is 2.45. The van der Waals surface area contributed by atoms with Gasteiger partial charge in [-0.2, -0.15) is 10.2 Å². The standard InChI is InChI=1S/C34H26FN5O5S/c1-37-33(41)30-26-16-25(21-5-3-6-22(15-21)34-39-32-28(45-34)7-4-12-38-32)27(40(46(2,42)43)24-13-19(14-24)18-36)17-29(26)44-31(30)20-8-10-23(35)11-9-20/h3-12,15-17,19,24H,13-14H2,1-2H3,(H,37,41). The van der Waals surface area contributed by atoms with E-state index < -0.39 is 27.8 Å². The molecule has 46 heavy (non-hydrogen) atoms. The molecule has 1 N–H and O–H groups in total. The highest BCUT2D eigenvalue weighted by atomic mass is 32.2. The van der Waals surface area contributed by atoms with Gasteiger partial charge in [0, 0.05) is 47.4 Å². The van der Waals surface area contributed by atoms with E-state index in [1.54, 1.807) is 36.5 Å². The Labute approximate surface area is 263 Å². The van der Waals surface area contributed by atoms with Gasteiger partial charge in [-0.1, -0.05) is 12.1 Å². The van der Waals surface area contributed by atoms with Crippen LogP contribution in [0.15, 0.2) is 87.8 Å². The summed E-state index contributed by atoms with van der Waals surface area (Å²) >= 11 is 0. The maximum Gasteiger partial charge on any atom is 0.255 e. The van der Waals surface area contributed by atoms with Crippen LogP contribution in [-0.4, -0.2) is 43.6 Å². The molecule has 1 saturated carbocycles. The monoisotopic (exact) mass is 635 g/mol. The van der Waals surface area contributed by atoms with Gasteiger partial charge in [0.1, 0.15) is 17.2 Å². The molecular weight excluding hydrogens is 609 g/mol. The van der Waals surface area contributed by atoms with Crippen molar-refractivity contribution in [1.29, 1.82) is 5.26 Å². The van der Waals surface area contributed by atoms with E-state index in [9.17, 15) is 22.9 Å². The highest BCUT2D eigenvalue weighted by molar-refractivity contribution is 7.92. The van der Waals surface area contributed by atoms with Crippen LogP contribution in [0.3, 0.4) is 0 Å². The zero-order chi connectivity index (χ0) is 32.2. The Morgan fingerprint density at radius 2 is 1.76 bits per heavy atom. The maximum absolute atomic E-state index is 13.8. The van der Waals surface area contributed by atoms with Gasteiger partial charge < -0.3 is 14.2 Å². The molecule has 3 aromatic carbocycles. The third-order valence-electron chi connectivity index (χ3n) is 8.17. The van der Waals surface area contributed by atoms with Crippen LogP contribution in [-0.2, 0) is 10.0 Å². The van der Waals surface area contributed by atoms with Crippen LogP contribution in [0, 0.1) is 23.1 Å². The molecule has 3 heterocycles. The molecule has 230 valence electrons. The van der Waals surface area contributed by atoms with Gasteiger partial charge in [0.15, 0.2) is 11.2 Å². The van der Waals surface area contributed by atoms with Crippen LogP contribution in [0.5, 0.6) is 0 Å². The largest absolute Gasteiger partial charge is 0.455 e. The number of sulfonamides is 1. The van der Waals surface area contributed by atoms with Gasteiger partial charge in [0.2, 0.25) is 15.9 Å². The Morgan fingerprint density at radius 1 is 1.00 bits per heavy atom. The smallest absolute Gasteiger partial charge is 0.255 e. The van der Waals surface area contributed by atoms with Crippen LogP contribution in [0.1, 0.15) is 23.2 Å². The van der Waals surface area contributed by atoms with Crippen molar-refractivity contribution < 1.29 is 26.4 Å². The fourth-order valence-electron chi connectivity index (χ4n) is 5.94. The average molecular weight is 636 g/mol. The lowest BCUT2D eigenvalue weighted by Gasteiger charge is -2.40. The molecule has 0 aliphatic heterocycles. The Bertz CT molecular complexity index is 2270.